The van der Waals surface area contributed by atoms with Crippen LogP contribution < -0.4 is 0 Å². The summed E-state index contributed by atoms with van der Waals surface area (Å²) in [6.45, 7) is 5.41. The second-order valence-corrected chi connectivity index (χ2v) is 2.04. The minimum Gasteiger partial charge on any atom is -0.0743 e. The van der Waals surface area contributed by atoms with Crippen LogP contribution in [0.2, 0.25) is 0 Å². The lowest BCUT2D eigenvalue weighted by Gasteiger charge is -1.70. The Labute approximate surface area is 41.0 Å². The first kappa shape index (κ1) is 5.22. The molecule has 0 saturated heterocycles. The van der Waals surface area contributed by atoms with Crippen molar-refractivity contribution in [1.29, 1.82) is 0 Å². The molecule has 0 amide bonds. The highest BCUT2D eigenvalue weighted by Crippen LogP contribution is 1.98. The van der Waals surface area contributed by atoms with Crippen molar-refractivity contribution in [3.63, 3.8) is 0 Å². The maximum Gasteiger partial charge on any atom is -0.0120 e. The Kier molecular flexibility index (Phi) is 2.57. The molecule has 0 saturated carbocycles. The molecule has 0 aromatic heterocycles. The van der Waals surface area contributed by atoms with Crippen molar-refractivity contribution < 1.29 is 0 Å². The van der Waals surface area contributed by atoms with Crippen molar-refractivity contribution in [2.75, 3.05) is 0 Å². The molecule has 0 aromatic rings. The number of allylic oxidation sites excluding steroid dienone is 2. The Morgan fingerprint density at radius 3 is 2.20 bits per heavy atom. The Hall–Kier alpha value is 0.220. The molecule has 1 heteroatoms. The zero-order chi connectivity index (χ0) is 4.28. The van der Waals surface area contributed by atoms with E-state index >= 15 is 0 Å². The largest absolute Gasteiger partial charge is 0.0743 e. The summed E-state index contributed by atoms with van der Waals surface area (Å²) in [6.07, 6.45) is 1.75. The molecule has 5 heavy (non-hydrogen) atoms. The van der Waals surface area contributed by atoms with E-state index < -0.39 is 0 Å². The molecule has 29 valence electrons. The van der Waals surface area contributed by atoms with Crippen LogP contribution in [0.3, 0.4) is 0 Å². The van der Waals surface area contributed by atoms with Gasteiger partial charge in [-0.2, -0.15) is 0 Å². The van der Waals surface area contributed by atoms with Crippen molar-refractivity contribution in [1.82, 2.24) is 0 Å². The van der Waals surface area contributed by atoms with Gasteiger partial charge in [0.15, 0.2) is 0 Å². The second kappa shape index (κ2) is 2.46. The number of halogens is 1. The van der Waals surface area contributed by atoms with Gasteiger partial charge in [0.2, 0.25) is 0 Å². The Morgan fingerprint density at radius 1 is 2.00 bits per heavy atom. The molecule has 0 nitrogen and oxygen atoms in total. The predicted molar refractivity (Wildman–Crippen MR) is 28.0 cm³/mol. The normalized spacial score (nSPS) is 12.2. The molecule has 0 heterocycles. The first-order valence-electron chi connectivity index (χ1n) is 1.39. The van der Waals surface area contributed by atoms with Crippen LogP contribution in [0.1, 0.15) is 6.92 Å². The lowest BCUT2D eigenvalue weighted by atomic mass is 10.6. The summed E-state index contributed by atoms with van der Waals surface area (Å²) in [4.78, 5) is 0. The molecule has 0 atom stereocenters. The predicted octanol–water partition coefficient (Wildman–Crippen LogP) is 2.12. The summed E-state index contributed by atoms with van der Waals surface area (Å²) in [7, 11) is 0. The van der Waals surface area contributed by atoms with Gasteiger partial charge in [-0.05, 0) is 18.3 Å². The van der Waals surface area contributed by atoms with Crippen molar-refractivity contribution in [2.24, 2.45) is 0 Å². The third kappa shape index (κ3) is 4.22. The fourth-order valence-corrected chi connectivity index (χ4v) is 0. The summed E-state index contributed by atoms with van der Waals surface area (Å²) < 4.78 is 1.08. The second-order valence-electron chi connectivity index (χ2n) is 0.791. The highest BCUT2D eigenvalue weighted by atomic mass is 79.9. The fourth-order valence-electron chi connectivity index (χ4n) is 0. The molecule has 0 aliphatic carbocycles. The minimum absolute atomic E-state index is 1.08. The smallest absolute Gasteiger partial charge is 0.0120 e. The van der Waals surface area contributed by atoms with E-state index in [1.165, 1.54) is 0 Å². The molecular formula is C4H6Br. The van der Waals surface area contributed by atoms with Crippen LogP contribution in [0.4, 0.5) is 0 Å². The van der Waals surface area contributed by atoms with Crippen LogP contribution in [-0.2, 0) is 0 Å². The first-order chi connectivity index (χ1) is 2.27. The van der Waals surface area contributed by atoms with Crippen LogP contribution in [0.15, 0.2) is 10.6 Å². The SMILES string of the molecule is [CH2]/C=C(\C)Br. The number of hydrogen-bond acceptors (Lipinski definition) is 0. The van der Waals surface area contributed by atoms with Crippen LogP contribution in [-0.4, -0.2) is 0 Å². The van der Waals surface area contributed by atoms with Gasteiger partial charge in [-0.1, -0.05) is 22.0 Å². The zero-order valence-electron chi connectivity index (χ0n) is 3.16. The molecule has 0 spiro atoms. The van der Waals surface area contributed by atoms with Gasteiger partial charge in [0.25, 0.3) is 0 Å². The fraction of sp³-hybridized carbons (Fsp3) is 0.250. The lowest BCUT2D eigenvalue weighted by Crippen LogP contribution is -1.44. The summed E-state index contributed by atoms with van der Waals surface area (Å²) in [6, 6.07) is 0. The number of hydrogen-bond donors (Lipinski definition) is 0. The first-order valence-corrected chi connectivity index (χ1v) is 2.18. The van der Waals surface area contributed by atoms with E-state index in [4.69, 9.17) is 0 Å². The Morgan fingerprint density at radius 2 is 2.20 bits per heavy atom. The summed E-state index contributed by atoms with van der Waals surface area (Å²) >= 11 is 3.17. The lowest BCUT2D eigenvalue weighted by molar-refractivity contribution is 1.70. The van der Waals surface area contributed by atoms with Gasteiger partial charge in [0.05, 0.1) is 0 Å². The van der Waals surface area contributed by atoms with Gasteiger partial charge in [0, 0.05) is 0 Å². The quantitative estimate of drug-likeness (QED) is 0.476. The van der Waals surface area contributed by atoms with Crippen LogP contribution in [0, 0.1) is 6.92 Å². The van der Waals surface area contributed by atoms with Crippen molar-refractivity contribution in [2.45, 2.75) is 6.92 Å². The molecule has 0 unspecified atom stereocenters. The Bertz CT molecular complexity index is 41.6. The third-order valence-electron chi connectivity index (χ3n) is 0.281. The van der Waals surface area contributed by atoms with E-state index in [2.05, 4.69) is 22.9 Å². The van der Waals surface area contributed by atoms with Crippen LogP contribution >= 0.6 is 15.9 Å². The summed E-state index contributed by atoms with van der Waals surface area (Å²) in [5.41, 5.74) is 0. The van der Waals surface area contributed by atoms with Gasteiger partial charge in [-0.15, -0.1) is 0 Å². The highest BCUT2D eigenvalue weighted by molar-refractivity contribution is 9.11. The average Bonchev–Trinajstić information content (AvgIpc) is 1.38. The monoisotopic (exact) mass is 133 g/mol. The molecular weight excluding hydrogens is 128 g/mol. The van der Waals surface area contributed by atoms with Crippen LogP contribution in [0.5, 0.6) is 0 Å². The molecule has 0 aromatic carbocycles. The number of rotatable bonds is 0. The Balaban J connectivity index is 3.14. The minimum atomic E-state index is 1.08. The van der Waals surface area contributed by atoms with Gasteiger partial charge in [-0.3, -0.25) is 0 Å². The van der Waals surface area contributed by atoms with Crippen molar-refractivity contribution >= 4 is 15.9 Å². The third-order valence-corrected chi connectivity index (χ3v) is 0.605. The van der Waals surface area contributed by atoms with E-state index in [0.29, 0.717) is 0 Å². The average molecular weight is 134 g/mol. The highest BCUT2D eigenvalue weighted by Gasteiger charge is 1.63. The molecule has 0 N–H and O–H groups in total. The van der Waals surface area contributed by atoms with Crippen LogP contribution in [0.25, 0.3) is 0 Å². The topological polar surface area (TPSA) is 0 Å². The molecule has 0 bridgehead atoms. The van der Waals surface area contributed by atoms with Gasteiger partial charge in [-0.25, -0.2) is 0 Å². The standard InChI is InChI=1S/C4H6Br/c1-3-4(2)5/h3H,1H2,2H3/b4-3+. The molecule has 0 fully saturated rings. The molecule has 1 radical (unpaired) electrons. The molecule has 0 aliphatic rings. The van der Waals surface area contributed by atoms with E-state index in [-0.39, 0.29) is 0 Å². The maximum absolute atomic E-state index is 3.48. The van der Waals surface area contributed by atoms with E-state index in [1.54, 1.807) is 6.08 Å². The summed E-state index contributed by atoms with van der Waals surface area (Å²) in [5.74, 6) is 0. The van der Waals surface area contributed by atoms with Gasteiger partial charge < -0.3 is 0 Å². The summed E-state index contributed by atoms with van der Waals surface area (Å²) in [5, 5.41) is 0. The van der Waals surface area contributed by atoms with Gasteiger partial charge >= 0.3 is 0 Å². The van der Waals surface area contributed by atoms with E-state index in [0.717, 1.165) is 4.48 Å². The van der Waals surface area contributed by atoms with Gasteiger partial charge in [0.1, 0.15) is 0 Å². The van der Waals surface area contributed by atoms with Crippen molar-refractivity contribution in [3.05, 3.63) is 17.5 Å². The maximum atomic E-state index is 3.48. The van der Waals surface area contributed by atoms with Crippen molar-refractivity contribution in [3.8, 4) is 0 Å². The van der Waals surface area contributed by atoms with E-state index in [9.17, 15) is 0 Å². The molecule has 0 rings (SSSR count). The van der Waals surface area contributed by atoms with E-state index in [1.807, 2.05) is 6.92 Å². The zero-order valence-corrected chi connectivity index (χ0v) is 4.75. The molecule has 0 aliphatic heterocycles.